The fourth-order valence-electron chi connectivity index (χ4n) is 1.70. The molecule has 106 valence electrons. The number of pyridine rings is 1. The van der Waals surface area contributed by atoms with Gasteiger partial charge >= 0.3 is 6.18 Å². The number of hydrogen-bond donors (Lipinski definition) is 1. The normalized spacial score (nSPS) is 13.0. The van der Waals surface area contributed by atoms with Gasteiger partial charge in [-0.25, -0.2) is 0 Å². The third-order valence-corrected chi connectivity index (χ3v) is 2.70. The van der Waals surface area contributed by atoms with Crippen molar-refractivity contribution in [1.29, 1.82) is 0 Å². The molecule has 0 bridgehead atoms. The van der Waals surface area contributed by atoms with Gasteiger partial charge < -0.3 is 10.5 Å². The summed E-state index contributed by atoms with van der Waals surface area (Å²) in [5.41, 5.74) is 6.21. The average molecular weight is 282 g/mol. The lowest BCUT2D eigenvalue weighted by Gasteiger charge is -2.22. The van der Waals surface area contributed by atoms with Crippen LogP contribution in [0, 0.1) is 0 Å². The molecular weight excluding hydrogens is 269 g/mol. The summed E-state index contributed by atoms with van der Waals surface area (Å²) in [6, 6.07) is 8.97. The van der Waals surface area contributed by atoms with Crippen LogP contribution in [0.1, 0.15) is 17.2 Å². The molecule has 2 rings (SSSR count). The summed E-state index contributed by atoms with van der Waals surface area (Å²) in [7, 11) is 0. The van der Waals surface area contributed by atoms with E-state index in [-0.39, 0.29) is 11.3 Å². The Morgan fingerprint density at radius 3 is 2.35 bits per heavy atom. The predicted octanol–water partition coefficient (Wildman–Crippen LogP) is 3.22. The van der Waals surface area contributed by atoms with Gasteiger partial charge in [-0.3, -0.25) is 4.98 Å². The maximum atomic E-state index is 13.1. The van der Waals surface area contributed by atoms with Crippen LogP contribution in [0.15, 0.2) is 48.8 Å². The molecule has 20 heavy (non-hydrogen) atoms. The summed E-state index contributed by atoms with van der Waals surface area (Å²) >= 11 is 0. The smallest absolute Gasteiger partial charge is 0.429 e. The first-order valence-corrected chi connectivity index (χ1v) is 5.93. The Balaban J connectivity index is 2.24. The molecule has 0 amide bonds. The second-order valence-electron chi connectivity index (χ2n) is 4.17. The van der Waals surface area contributed by atoms with Gasteiger partial charge in [-0.15, -0.1) is 0 Å². The van der Waals surface area contributed by atoms with Crippen LogP contribution in [0.3, 0.4) is 0 Å². The minimum absolute atomic E-state index is 0.0390. The largest absolute Gasteiger partial charge is 0.476 e. The number of nitrogens with two attached hydrogens (primary N) is 1. The quantitative estimate of drug-likeness (QED) is 0.936. The number of aromatic nitrogens is 1. The molecule has 0 saturated heterocycles. The van der Waals surface area contributed by atoms with Gasteiger partial charge in [0, 0.05) is 24.5 Å². The van der Waals surface area contributed by atoms with Crippen LogP contribution in [0.4, 0.5) is 13.2 Å². The molecule has 2 N–H and O–H groups in total. The van der Waals surface area contributed by atoms with Gasteiger partial charge in [-0.05, 0) is 23.8 Å². The van der Waals surface area contributed by atoms with Crippen molar-refractivity contribution in [3.05, 3.63) is 59.9 Å². The zero-order valence-electron chi connectivity index (χ0n) is 10.5. The molecule has 1 atom stereocenters. The predicted molar refractivity (Wildman–Crippen MR) is 68.0 cm³/mol. The van der Waals surface area contributed by atoms with Gasteiger partial charge in [-0.2, -0.15) is 13.2 Å². The van der Waals surface area contributed by atoms with Crippen molar-refractivity contribution in [2.24, 2.45) is 5.73 Å². The van der Waals surface area contributed by atoms with Crippen molar-refractivity contribution in [3.8, 4) is 5.75 Å². The molecule has 0 saturated carbocycles. The van der Waals surface area contributed by atoms with Crippen LogP contribution < -0.4 is 10.5 Å². The van der Waals surface area contributed by atoms with E-state index in [9.17, 15) is 13.2 Å². The molecule has 2 aromatic rings. The van der Waals surface area contributed by atoms with E-state index in [1.54, 1.807) is 12.1 Å². The summed E-state index contributed by atoms with van der Waals surface area (Å²) in [4.78, 5) is 3.69. The topological polar surface area (TPSA) is 48.1 Å². The molecule has 0 fully saturated rings. The van der Waals surface area contributed by atoms with E-state index in [0.29, 0.717) is 6.54 Å². The molecule has 1 unspecified atom stereocenters. The lowest BCUT2D eigenvalue weighted by Crippen LogP contribution is -2.26. The highest BCUT2D eigenvalue weighted by atomic mass is 19.4. The molecule has 1 aromatic carbocycles. The van der Waals surface area contributed by atoms with E-state index in [4.69, 9.17) is 10.5 Å². The van der Waals surface area contributed by atoms with E-state index in [1.165, 1.54) is 30.5 Å². The maximum Gasteiger partial charge on any atom is 0.429 e. The van der Waals surface area contributed by atoms with E-state index in [2.05, 4.69) is 4.98 Å². The summed E-state index contributed by atoms with van der Waals surface area (Å²) in [5.74, 6) is 0.133. The van der Waals surface area contributed by atoms with E-state index in [0.717, 1.165) is 11.8 Å². The maximum absolute atomic E-state index is 13.1. The number of nitrogens with zero attached hydrogens (tertiary/aromatic N) is 1. The average Bonchev–Trinajstić information content (AvgIpc) is 2.45. The van der Waals surface area contributed by atoms with Gasteiger partial charge in [0.25, 0.3) is 0 Å². The minimum atomic E-state index is -4.52. The van der Waals surface area contributed by atoms with Crippen molar-refractivity contribution < 1.29 is 17.9 Å². The Morgan fingerprint density at radius 1 is 1.15 bits per heavy atom. The Kier molecular flexibility index (Phi) is 4.24. The molecule has 0 spiro atoms. The third-order valence-electron chi connectivity index (χ3n) is 2.70. The Hall–Kier alpha value is -2.08. The summed E-state index contributed by atoms with van der Waals surface area (Å²) in [6.07, 6.45) is -4.01. The van der Waals surface area contributed by atoms with Crippen molar-refractivity contribution in [2.45, 2.75) is 18.8 Å². The van der Waals surface area contributed by atoms with Gasteiger partial charge in [0.1, 0.15) is 5.75 Å². The minimum Gasteiger partial charge on any atom is -0.476 e. The fraction of sp³-hybridized carbons (Fsp3) is 0.214. The number of ether oxygens (including phenoxy) is 1. The fourth-order valence-corrected chi connectivity index (χ4v) is 1.70. The lowest BCUT2D eigenvalue weighted by molar-refractivity contribution is -0.198. The van der Waals surface area contributed by atoms with Crippen LogP contribution >= 0.6 is 0 Å². The second kappa shape index (κ2) is 5.92. The van der Waals surface area contributed by atoms with Crippen LogP contribution in [0.5, 0.6) is 5.75 Å². The monoisotopic (exact) mass is 282 g/mol. The highest BCUT2D eigenvalue weighted by Gasteiger charge is 2.43. The van der Waals surface area contributed by atoms with E-state index < -0.39 is 12.3 Å². The molecule has 3 nitrogen and oxygen atoms in total. The summed E-state index contributed by atoms with van der Waals surface area (Å²) in [5, 5.41) is 0. The van der Waals surface area contributed by atoms with Gasteiger partial charge in [0.15, 0.2) is 0 Å². The van der Waals surface area contributed by atoms with Gasteiger partial charge in [0.2, 0.25) is 6.10 Å². The Labute approximate surface area is 114 Å². The third kappa shape index (κ3) is 3.48. The standard InChI is InChI=1S/C14H13F3N2O/c15-14(16,17)13(11-2-1-7-19-9-11)20-12-5-3-10(8-18)4-6-12/h1-7,9,13H,8,18H2. The first-order chi connectivity index (χ1) is 9.50. The molecular formula is C14H13F3N2O. The summed E-state index contributed by atoms with van der Waals surface area (Å²) < 4.78 is 44.3. The zero-order chi connectivity index (χ0) is 14.6. The van der Waals surface area contributed by atoms with Gasteiger partial charge in [-0.1, -0.05) is 18.2 Å². The molecule has 0 aliphatic rings. The number of halogens is 3. The van der Waals surface area contributed by atoms with Gasteiger partial charge in [0.05, 0.1) is 0 Å². The van der Waals surface area contributed by atoms with Crippen LogP contribution in [-0.2, 0) is 6.54 Å². The molecule has 0 aliphatic heterocycles. The number of alkyl halides is 3. The van der Waals surface area contributed by atoms with Crippen molar-refractivity contribution in [1.82, 2.24) is 4.98 Å². The highest BCUT2D eigenvalue weighted by Crippen LogP contribution is 2.36. The summed E-state index contributed by atoms with van der Waals surface area (Å²) in [6.45, 7) is 0.325. The molecule has 1 heterocycles. The Morgan fingerprint density at radius 2 is 1.85 bits per heavy atom. The van der Waals surface area contributed by atoms with Crippen LogP contribution in [0.25, 0.3) is 0 Å². The number of rotatable bonds is 4. The highest BCUT2D eigenvalue weighted by molar-refractivity contribution is 5.28. The molecule has 0 aliphatic carbocycles. The molecule has 0 radical (unpaired) electrons. The first kappa shape index (κ1) is 14.3. The number of hydrogen-bond acceptors (Lipinski definition) is 3. The molecule has 6 heteroatoms. The van der Waals surface area contributed by atoms with Crippen molar-refractivity contribution >= 4 is 0 Å². The SMILES string of the molecule is NCc1ccc(OC(c2cccnc2)C(F)(F)F)cc1. The van der Waals surface area contributed by atoms with E-state index in [1.807, 2.05) is 0 Å². The number of benzene rings is 1. The lowest BCUT2D eigenvalue weighted by atomic mass is 10.1. The van der Waals surface area contributed by atoms with E-state index >= 15 is 0 Å². The Bertz CT molecular complexity index is 541. The second-order valence-corrected chi connectivity index (χ2v) is 4.17. The van der Waals surface area contributed by atoms with Crippen LogP contribution in [0.2, 0.25) is 0 Å². The van der Waals surface area contributed by atoms with Crippen molar-refractivity contribution in [2.75, 3.05) is 0 Å². The van der Waals surface area contributed by atoms with Crippen LogP contribution in [-0.4, -0.2) is 11.2 Å². The molecule has 1 aromatic heterocycles. The van der Waals surface area contributed by atoms with Crippen molar-refractivity contribution in [3.63, 3.8) is 0 Å². The zero-order valence-corrected chi connectivity index (χ0v) is 10.5. The first-order valence-electron chi connectivity index (χ1n) is 5.93.